The third-order valence-electron chi connectivity index (χ3n) is 1.73. The second-order valence-corrected chi connectivity index (χ2v) is 3.70. The average Bonchev–Trinajstić information content (AvgIpc) is 2.10. The second kappa shape index (κ2) is 4.02. The molecule has 0 aliphatic rings. The van der Waals surface area contributed by atoms with Crippen molar-refractivity contribution in [1.82, 2.24) is 0 Å². The molecule has 0 amide bonds. The fourth-order valence-electron chi connectivity index (χ4n) is 1.02. The Bertz CT molecular complexity index is 389. The predicted molar refractivity (Wildman–Crippen MR) is 51.6 cm³/mol. The Morgan fingerprint density at radius 1 is 1.27 bits per heavy atom. The molecule has 0 aliphatic carbocycles. The van der Waals surface area contributed by atoms with Gasteiger partial charge in [0.05, 0.1) is 10.0 Å². The first kappa shape index (κ1) is 12.3. The Morgan fingerprint density at radius 3 is 2.20 bits per heavy atom. The van der Waals surface area contributed by atoms with E-state index in [-0.39, 0.29) is 10.0 Å². The van der Waals surface area contributed by atoms with Gasteiger partial charge < -0.3 is 0 Å². The number of ketones is 1. The van der Waals surface area contributed by atoms with E-state index in [0.717, 1.165) is 12.1 Å². The lowest BCUT2D eigenvalue weighted by molar-refractivity contribution is -0.0885. The lowest BCUT2D eigenvalue weighted by Gasteiger charge is -2.07. The average molecular weight is 257 g/mol. The third kappa shape index (κ3) is 2.63. The van der Waals surface area contributed by atoms with E-state index in [9.17, 15) is 18.0 Å². The number of halogens is 5. The van der Waals surface area contributed by atoms with Crippen LogP contribution in [0.15, 0.2) is 12.1 Å². The van der Waals surface area contributed by atoms with Crippen LogP contribution in [0, 0.1) is 6.92 Å². The maximum atomic E-state index is 12.1. The molecule has 0 bridgehead atoms. The van der Waals surface area contributed by atoms with Crippen molar-refractivity contribution in [3.63, 3.8) is 0 Å². The van der Waals surface area contributed by atoms with Crippen LogP contribution >= 0.6 is 23.2 Å². The van der Waals surface area contributed by atoms with Crippen LogP contribution in [0.5, 0.6) is 0 Å². The number of Topliss-reactive ketones (excluding diaryl/α,β-unsaturated/α-hetero) is 1. The summed E-state index contributed by atoms with van der Waals surface area (Å²) in [6.45, 7) is 1.47. The van der Waals surface area contributed by atoms with E-state index in [4.69, 9.17) is 23.2 Å². The molecule has 0 atom stereocenters. The fourth-order valence-corrected chi connectivity index (χ4v) is 1.40. The summed E-state index contributed by atoms with van der Waals surface area (Å²) in [4.78, 5) is 10.9. The van der Waals surface area contributed by atoms with Gasteiger partial charge in [0.25, 0.3) is 5.78 Å². The molecule has 0 aliphatic heterocycles. The van der Waals surface area contributed by atoms with Crippen molar-refractivity contribution in [2.75, 3.05) is 0 Å². The third-order valence-corrected chi connectivity index (χ3v) is 2.63. The second-order valence-electron chi connectivity index (χ2n) is 2.92. The van der Waals surface area contributed by atoms with Crippen LogP contribution in [-0.4, -0.2) is 12.0 Å². The highest BCUT2D eigenvalue weighted by Gasteiger charge is 2.39. The molecule has 0 heterocycles. The summed E-state index contributed by atoms with van der Waals surface area (Å²) in [5.41, 5.74) is -0.175. The van der Waals surface area contributed by atoms with Gasteiger partial charge in [-0.1, -0.05) is 23.2 Å². The van der Waals surface area contributed by atoms with Gasteiger partial charge in [-0.2, -0.15) is 13.2 Å². The molecule has 0 aromatic heterocycles. The molecule has 0 saturated heterocycles. The van der Waals surface area contributed by atoms with Crippen LogP contribution < -0.4 is 0 Å². The summed E-state index contributed by atoms with van der Waals surface area (Å²) >= 11 is 11.2. The number of hydrogen-bond donors (Lipinski definition) is 0. The molecule has 1 nitrogen and oxygen atoms in total. The van der Waals surface area contributed by atoms with Crippen molar-refractivity contribution in [3.05, 3.63) is 33.3 Å². The monoisotopic (exact) mass is 256 g/mol. The Morgan fingerprint density at radius 2 is 1.80 bits per heavy atom. The number of carbonyl (C=O) groups is 1. The Balaban J connectivity index is 3.24. The molecule has 1 aromatic carbocycles. The molecule has 0 unspecified atom stereocenters. The zero-order valence-corrected chi connectivity index (χ0v) is 8.96. The summed E-state index contributed by atoms with van der Waals surface area (Å²) in [5, 5.41) is 0.0830. The van der Waals surface area contributed by atoms with Gasteiger partial charge >= 0.3 is 6.18 Å². The first-order chi connectivity index (χ1) is 6.73. The first-order valence-corrected chi connectivity index (χ1v) is 4.56. The minimum absolute atomic E-state index is 0.0655. The molecule has 0 fully saturated rings. The lowest BCUT2D eigenvalue weighted by atomic mass is 10.1. The summed E-state index contributed by atoms with van der Waals surface area (Å²) in [6.07, 6.45) is -4.90. The normalized spacial score (nSPS) is 11.6. The van der Waals surface area contributed by atoms with E-state index in [0.29, 0.717) is 5.56 Å². The summed E-state index contributed by atoms with van der Waals surface area (Å²) in [7, 11) is 0. The minimum atomic E-state index is -4.90. The zero-order valence-electron chi connectivity index (χ0n) is 7.45. The molecule has 6 heteroatoms. The number of benzene rings is 1. The zero-order chi connectivity index (χ0) is 11.8. The van der Waals surface area contributed by atoms with Crippen molar-refractivity contribution >= 4 is 29.0 Å². The van der Waals surface area contributed by atoms with Gasteiger partial charge in [-0.05, 0) is 24.6 Å². The van der Waals surface area contributed by atoms with Crippen molar-refractivity contribution in [3.8, 4) is 0 Å². The maximum absolute atomic E-state index is 12.1. The van der Waals surface area contributed by atoms with Gasteiger partial charge in [0.1, 0.15) is 0 Å². The molecule has 15 heavy (non-hydrogen) atoms. The van der Waals surface area contributed by atoms with Crippen LogP contribution in [0.2, 0.25) is 10.0 Å². The minimum Gasteiger partial charge on any atom is -0.284 e. The number of hydrogen-bond acceptors (Lipinski definition) is 1. The molecule has 1 rings (SSSR count). The van der Waals surface area contributed by atoms with Gasteiger partial charge in [0.2, 0.25) is 0 Å². The fraction of sp³-hybridized carbons (Fsp3) is 0.222. The highest BCUT2D eigenvalue weighted by molar-refractivity contribution is 6.42. The van der Waals surface area contributed by atoms with Crippen molar-refractivity contribution in [2.24, 2.45) is 0 Å². The summed E-state index contributed by atoms with van der Waals surface area (Å²) in [6, 6.07) is 1.97. The van der Waals surface area contributed by atoms with Gasteiger partial charge in [-0.25, -0.2) is 0 Å². The van der Waals surface area contributed by atoms with Crippen molar-refractivity contribution < 1.29 is 18.0 Å². The largest absolute Gasteiger partial charge is 0.454 e. The van der Waals surface area contributed by atoms with Crippen LogP contribution in [0.4, 0.5) is 13.2 Å². The number of rotatable bonds is 1. The first-order valence-electron chi connectivity index (χ1n) is 3.80. The van der Waals surface area contributed by atoms with Gasteiger partial charge in [-0.3, -0.25) is 4.79 Å². The maximum Gasteiger partial charge on any atom is 0.454 e. The van der Waals surface area contributed by atoms with E-state index >= 15 is 0 Å². The van der Waals surface area contributed by atoms with E-state index in [1.54, 1.807) is 0 Å². The quantitative estimate of drug-likeness (QED) is 0.693. The van der Waals surface area contributed by atoms with Gasteiger partial charge in [0, 0.05) is 5.56 Å². The van der Waals surface area contributed by atoms with Crippen LogP contribution in [0.3, 0.4) is 0 Å². The molecule has 0 N–H and O–H groups in total. The summed E-state index contributed by atoms with van der Waals surface area (Å²) in [5.74, 6) is -1.93. The molecule has 82 valence electrons. The Hall–Kier alpha value is -0.740. The van der Waals surface area contributed by atoms with E-state index in [1.807, 2.05) is 0 Å². The topological polar surface area (TPSA) is 17.1 Å². The highest BCUT2D eigenvalue weighted by Crippen LogP contribution is 2.30. The number of alkyl halides is 3. The predicted octanol–water partition coefficient (Wildman–Crippen LogP) is 4.05. The van der Waals surface area contributed by atoms with Crippen LogP contribution in [0.1, 0.15) is 15.9 Å². The van der Waals surface area contributed by atoms with Crippen LogP contribution in [0.25, 0.3) is 0 Å². The summed E-state index contributed by atoms with van der Waals surface area (Å²) < 4.78 is 36.2. The molecular weight excluding hydrogens is 252 g/mol. The smallest absolute Gasteiger partial charge is 0.284 e. The number of carbonyl (C=O) groups excluding carboxylic acids is 1. The lowest BCUT2D eigenvalue weighted by Crippen LogP contribution is -2.22. The van der Waals surface area contributed by atoms with E-state index in [2.05, 4.69) is 0 Å². The van der Waals surface area contributed by atoms with Crippen molar-refractivity contribution in [1.29, 1.82) is 0 Å². The van der Waals surface area contributed by atoms with E-state index < -0.39 is 17.5 Å². The van der Waals surface area contributed by atoms with Gasteiger partial charge in [-0.15, -0.1) is 0 Å². The highest BCUT2D eigenvalue weighted by atomic mass is 35.5. The Labute approximate surface area is 93.8 Å². The van der Waals surface area contributed by atoms with E-state index in [1.165, 1.54) is 6.92 Å². The van der Waals surface area contributed by atoms with Gasteiger partial charge in [0.15, 0.2) is 0 Å². The molecule has 0 spiro atoms. The van der Waals surface area contributed by atoms with Crippen molar-refractivity contribution in [2.45, 2.75) is 13.1 Å². The van der Waals surface area contributed by atoms with Crippen LogP contribution in [-0.2, 0) is 0 Å². The molecule has 0 saturated carbocycles. The number of aryl methyl sites for hydroxylation is 1. The molecule has 0 radical (unpaired) electrons. The SMILES string of the molecule is Cc1cc(C(=O)C(F)(F)F)cc(Cl)c1Cl. The molecule has 1 aromatic rings. The Kier molecular flexibility index (Phi) is 3.31. The standard InChI is InChI=1S/C9H5Cl2F3O/c1-4-2-5(3-6(10)7(4)11)8(15)9(12,13)14/h2-3H,1H3. The molecular formula is C9H5Cl2F3O.